The highest BCUT2D eigenvalue weighted by atomic mass is 28.3. The molecule has 6 heteroatoms. The lowest BCUT2D eigenvalue weighted by Crippen LogP contribution is -2.77. The average Bonchev–Trinajstić information content (AvgIpc) is 1.26. The molecule has 0 aliphatic carbocycles. The van der Waals surface area contributed by atoms with Crippen molar-refractivity contribution in [3.8, 4) is 44.9 Å². The molecule has 0 N–H and O–H groups in total. The highest BCUT2D eigenvalue weighted by Gasteiger charge is 2.49. The summed E-state index contributed by atoms with van der Waals surface area (Å²) in [6, 6.07) is 79.5. The minimum absolute atomic E-state index is 0.119. The molecular weight excluding hydrogens is 989 g/mol. The van der Waals surface area contributed by atoms with Crippen LogP contribution in [0.5, 0.6) is 11.5 Å². The van der Waals surface area contributed by atoms with Crippen LogP contribution in [0.15, 0.2) is 267 Å². The van der Waals surface area contributed by atoms with E-state index in [2.05, 4.69) is 232 Å². The van der Waals surface area contributed by atoms with Gasteiger partial charge in [0.1, 0.15) is 24.0 Å². The van der Waals surface area contributed by atoms with Gasteiger partial charge in [-0.25, -0.2) is 4.98 Å². The maximum Gasteiger partial charge on any atom is 0.184 e. The Morgan fingerprint density at radius 3 is 1.70 bits per heavy atom. The van der Waals surface area contributed by atoms with Crippen molar-refractivity contribution in [3.63, 3.8) is 0 Å². The van der Waals surface area contributed by atoms with Crippen LogP contribution < -0.4 is 40.2 Å². The minimum atomic E-state index is -2.99. The smallest absolute Gasteiger partial charge is 0.184 e. The third-order valence-corrected chi connectivity index (χ3v) is 20.7. The highest BCUT2D eigenvalue weighted by molar-refractivity contribution is 7.21. The maximum atomic E-state index is 9.36. The number of anilines is 7. The third kappa shape index (κ3) is 8.96. The SMILES string of the molecule is [2H]c1c([2H])c([2H])c(-c2cccc(-c3cc(-c4ccccc4)cc(C(C)(C)C)c3)c2N2CN(c3cccc(Oc4ccc5c(c4)N(c4cc(C(C)(C)C)ccn4)c4ccccc4[Si]5(c4ccccc4)c4ccccc4)c3)c3ccccc32)c([2H])c1[2H]. The second-order valence-electron chi connectivity index (χ2n) is 22.9. The second-order valence-corrected chi connectivity index (χ2v) is 26.6. The molecule has 13 rings (SSSR count). The van der Waals surface area contributed by atoms with Crippen LogP contribution in [0.4, 0.5) is 39.9 Å². The van der Waals surface area contributed by atoms with E-state index in [1.54, 1.807) is 0 Å². The highest BCUT2D eigenvalue weighted by Crippen LogP contribution is 2.51. The number of ether oxygens (including phenoxy) is 1. The van der Waals surface area contributed by atoms with Crippen LogP contribution in [0.1, 0.15) is 59.5 Å². The largest absolute Gasteiger partial charge is 0.457 e. The van der Waals surface area contributed by atoms with Crippen LogP contribution in [0, 0.1) is 0 Å². The number of fused-ring (bicyclic) bond motifs is 3. The predicted molar refractivity (Wildman–Crippen MR) is 338 cm³/mol. The average molecular weight is 1060 g/mol. The predicted octanol–water partition coefficient (Wildman–Crippen LogP) is 16.9. The molecule has 0 unspecified atom stereocenters. The molecule has 0 saturated carbocycles. The Morgan fingerprint density at radius 2 is 1.01 bits per heavy atom. The molecule has 11 aromatic rings. The third-order valence-electron chi connectivity index (χ3n) is 15.8. The van der Waals surface area contributed by atoms with Gasteiger partial charge in [-0.2, -0.15) is 0 Å². The van der Waals surface area contributed by atoms with Crippen molar-refractivity contribution in [2.24, 2.45) is 0 Å². The van der Waals surface area contributed by atoms with Crippen molar-refractivity contribution >= 4 is 68.8 Å². The number of hydrogen-bond donors (Lipinski definition) is 0. The minimum Gasteiger partial charge on any atom is -0.457 e. The molecule has 10 aromatic carbocycles. The van der Waals surface area contributed by atoms with Gasteiger partial charge in [-0.05, 0) is 120 Å². The Morgan fingerprint density at radius 1 is 0.438 bits per heavy atom. The Kier molecular flexibility index (Phi) is 11.3. The number of benzene rings is 10. The van der Waals surface area contributed by atoms with Crippen LogP contribution in [0.3, 0.4) is 0 Å². The zero-order valence-corrected chi connectivity index (χ0v) is 46.9. The van der Waals surface area contributed by atoms with E-state index in [9.17, 15) is 2.74 Å². The van der Waals surface area contributed by atoms with E-state index in [0.717, 1.165) is 67.8 Å². The van der Waals surface area contributed by atoms with Gasteiger partial charge in [0.2, 0.25) is 0 Å². The van der Waals surface area contributed by atoms with Gasteiger partial charge in [0.15, 0.2) is 8.07 Å². The lowest BCUT2D eigenvalue weighted by Gasteiger charge is -2.44. The van der Waals surface area contributed by atoms with E-state index in [4.69, 9.17) is 13.8 Å². The topological polar surface area (TPSA) is 31.8 Å². The molecule has 0 saturated heterocycles. The first-order chi connectivity index (χ1) is 41.0. The number of para-hydroxylation sites is 4. The van der Waals surface area contributed by atoms with Crippen molar-refractivity contribution in [1.29, 1.82) is 0 Å². The molecule has 0 spiro atoms. The van der Waals surface area contributed by atoms with Gasteiger partial charge < -0.3 is 14.5 Å². The molecule has 80 heavy (non-hydrogen) atoms. The molecule has 2 aliphatic rings. The van der Waals surface area contributed by atoms with Crippen LogP contribution in [0.2, 0.25) is 0 Å². The lowest BCUT2D eigenvalue weighted by atomic mass is 9.82. The summed E-state index contributed by atoms with van der Waals surface area (Å²) < 4.78 is 52.1. The van der Waals surface area contributed by atoms with Crippen molar-refractivity contribution in [2.45, 2.75) is 52.4 Å². The summed E-state index contributed by atoms with van der Waals surface area (Å²) in [5.74, 6) is 2.15. The van der Waals surface area contributed by atoms with Crippen LogP contribution in [-0.4, -0.2) is 19.7 Å². The van der Waals surface area contributed by atoms with Crippen LogP contribution >= 0.6 is 0 Å². The van der Waals surface area contributed by atoms with Crippen LogP contribution in [-0.2, 0) is 10.8 Å². The van der Waals surface area contributed by atoms with E-state index in [0.29, 0.717) is 23.7 Å². The zero-order chi connectivity index (χ0) is 58.9. The fourth-order valence-corrected chi connectivity index (χ4v) is 17.0. The number of aromatic nitrogens is 1. The number of hydrogen-bond acceptors (Lipinski definition) is 5. The summed E-state index contributed by atoms with van der Waals surface area (Å²) in [4.78, 5) is 11.9. The molecule has 390 valence electrons. The number of pyridine rings is 1. The lowest BCUT2D eigenvalue weighted by molar-refractivity contribution is 0.483. The molecule has 0 amide bonds. The first-order valence-electron chi connectivity index (χ1n) is 30.0. The zero-order valence-electron chi connectivity index (χ0n) is 50.9. The quantitative estimate of drug-likeness (QED) is 0.127. The standard InChI is InChI=1S/C74H64N4OSi/c1-73(2,3)56-43-44-75-71(48-56)78-67-39-21-22-40-69(67)80(61-31-15-9-16-32-61,62-33-17-10-18-34-62)70-42-41-60(50-68(70)78)79-59-30-23-29-58(49-59)76-51-77(66-38-20-19-37-65(66)76)72-63(53-27-13-8-14-28-53)35-24-36-64(72)55-45-54(52-25-11-7-12-26-52)46-57(47-55)74(4,5)6/h7-50H,51H2,1-6H3/i8D,13D,14D,27D,28D. The summed E-state index contributed by atoms with van der Waals surface area (Å²) in [7, 11) is -2.99. The van der Waals surface area contributed by atoms with Crippen LogP contribution in [0.25, 0.3) is 33.4 Å². The van der Waals surface area contributed by atoms with Gasteiger partial charge in [-0.15, -0.1) is 0 Å². The maximum absolute atomic E-state index is 9.36. The summed E-state index contributed by atoms with van der Waals surface area (Å²) in [6.45, 7) is 13.7. The Hall–Kier alpha value is -9.23. The van der Waals surface area contributed by atoms with E-state index < -0.39 is 14.1 Å². The van der Waals surface area contributed by atoms with E-state index in [1.165, 1.54) is 26.3 Å². The van der Waals surface area contributed by atoms with Crippen molar-refractivity contribution in [1.82, 2.24) is 4.98 Å². The number of nitrogens with zero attached hydrogens (tertiary/aromatic N) is 4. The summed E-state index contributed by atoms with van der Waals surface area (Å²) in [5, 5.41) is 5.07. The van der Waals surface area contributed by atoms with Crippen molar-refractivity contribution < 1.29 is 11.6 Å². The molecule has 0 atom stereocenters. The summed E-state index contributed by atoms with van der Waals surface area (Å²) >= 11 is 0. The van der Waals surface area contributed by atoms with Gasteiger partial charge in [0.25, 0.3) is 0 Å². The van der Waals surface area contributed by atoms with E-state index in [1.807, 2.05) is 60.8 Å². The molecule has 3 heterocycles. The van der Waals surface area contributed by atoms with Crippen molar-refractivity contribution in [2.75, 3.05) is 21.4 Å². The molecule has 0 radical (unpaired) electrons. The molecule has 1 aromatic heterocycles. The van der Waals surface area contributed by atoms with Gasteiger partial charge in [0, 0.05) is 40.8 Å². The number of rotatable bonds is 10. The van der Waals surface area contributed by atoms with Gasteiger partial charge in [-0.1, -0.05) is 236 Å². The van der Waals surface area contributed by atoms with E-state index >= 15 is 0 Å². The van der Waals surface area contributed by atoms with E-state index in [-0.39, 0.29) is 40.6 Å². The second kappa shape index (κ2) is 20.2. The molecule has 0 bridgehead atoms. The molecular formula is C74H64N4OSi. The fraction of sp³-hybridized carbons (Fsp3) is 0.122. The van der Waals surface area contributed by atoms with Crippen molar-refractivity contribution in [3.05, 3.63) is 278 Å². The van der Waals surface area contributed by atoms with Gasteiger partial charge >= 0.3 is 0 Å². The van der Waals surface area contributed by atoms with Gasteiger partial charge in [0.05, 0.1) is 29.6 Å². The molecule has 2 aliphatic heterocycles. The normalized spacial score (nSPS) is 14.5. The van der Waals surface area contributed by atoms with Gasteiger partial charge in [-0.3, -0.25) is 4.90 Å². The summed E-state index contributed by atoms with van der Waals surface area (Å²) in [6.07, 6.45) is 1.93. The Bertz CT molecular complexity index is 4310. The summed E-state index contributed by atoms with van der Waals surface area (Å²) in [5.41, 5.74) is 12.1. The Labute approximate surface area is 479 Å². The first kappa shape index (κ1) is 44.7. The molecule has 0 fully saturated rings. The molecule has 5 nitrogen and oxygen atoms in total. The monoisotopic (exact) mass is 1060 g/mol. The Balaban J connectivity index is 0.950. The first-order valence-corrected chi connectivity index (χ1v) is 29.5. The fourth-order valence-electron chi connectivity index (χ4n) is 11.9.